The van der Waals surface area contributed by atoms with Gasteiger partial charge in [-0.25, -0.2) is 0 Å². The molecular weight excluding hydrogens is 278 g/mol. The molecule has 0 fully saturated rings. The van der Waals surface area contributed by atoms with Crippen LogP contribution in [0.15, 0.2) is 24.3 Å². The summed E-state index contributed by atoms with van der Waals surface area (Å²) in [4.78, 5) is 1.21. The van der Waals surface area contributed by atoms with Gasteiger partial charge in [0.1, 0.15) is 0 Å². The van der Waals surface area contributed by atoms with Gasteiger partial charge < -0.3 is 10.4 Å². The molecule has 0 radical (unpaired) electrons. The van der Waals surface area contributed by atoms with Crippen molar-refractivity contribution in [3.05, 3.63) is 34.2 Å². The fourth-order valence-corrected chi connectivity index (χ4v) is 3.52. The normalized spacial score (nSPS) is 13.0. The molecule has 1 atom stereocenters. The van der Waals surface area contributed by atoms with Gasteiger partial charge in [0, 0.05) is 28.1 Å². The second kappa shape index (κ2) is 7.25. The van der Waals surface area contributed by atoms with E-state index in [1.165, 1.54) is 9.58 Å². The quantitative estimate of drug-likeness (QED) is 0.756. The number of hydrogen-bond acceptors (Lipinski definition) is 3. The monoisotopic (exact) mass is 297 g/mol. The highest BCUT2D eigenvalue weighted by atomic mass is 35.5. The maximum absolute atomic E-state index is 8.95. The molecule has 0 spiro atoms. The Kier molecular flexibility index (Phi) is 5.64. The molecule has 4 heteroatoms. The highest BCUT2D eigenvalue weighted by molar-refractivity contribution is 7.19. The van der Waals surface area contributed by atoms with Crippen LogP contribution >= 0.6 is 22.9 Å². The van der Waals surface area contributed by atoms with Gasteiger partial charge in [0.2, 0.25) is 0 Å². The summed E-state index contributed by atoms with van der Waals surface area (Å²) in [6, 6.07) is 8.25. The molecule has 1 aromatic carbocycles. The van der Waals surface area contributed by atoms with Crippen molar-refractivity contribution in [3.63, 3.8) is 0 Å². The first-order valence-corrected chi connectivity index (χ1v) is 7.89. The predicted molar refractivity (Wildman–Crippen MR) is 84.0 cm³/mol. The highest BCUT2D eigenvalue weighted by Crippen LogP contribution is 2.34. The minimum atomic E-state index is 0.280. The number of thiophene rings is 1. The van der Waals surface area contributed by atoms with E-state index < -0.39 is 0 Å². The second-order valence-corrected chi connectivity index (χ2v) is 6.46. The van der Waals surface area contributed by atoms with Crippen LogP contribution < -0.4 is 5.32 Å². The van der Waals surface area contributed by atoms with Crippen LogP contribution in [0.25, 0.3) is 10.1 Å². The van der Waals surface area contributed by atoms with Crippen LogP contribution in [0.2, 0.25) is 5.02 Å². The summed E-state index contributed by atoms with van der Waals surface area (Å²) in [5.74, 6) is 0.398. The zero-order chi connectivity index (χ0) is 13.7. The van der Waals surface area contributed by atoms with E-state index in [-0.39, 0.29) is 6.61 Å². The van der Waals surface area contributed by atoms with E-state index in [1.807, 2.05) is 12.1 Å². The van der Waals surface area contributed by atoms with Gasteiger partial charge in [-0.15, -0.1) is 11.3 Å². The molecule has 104 valence electrons. The van der Waals surface area contributed by atoms with Crippen LogP contribution in [-0.4, -0.2) is 18.3 Å². The number of aliphatic hydroxyl groups is 1. The van der Waals surface area contributed by atoms with E-state index in [0.717, 1.165) is 36.3 Å². The van der Waals surface area contributed by atoms with Gasteiger partial charge in [-0.1, -0.05) is 36.7 Å². The fraction of sp³-hybridized carbons (Fsp3) is 0.467. The van der Waals surface area contributed by atoms with Crippen LogP contribution in [0, 0.1) is 5.92 Å². The van der Waals surface area contributed by atoms with Crippen LogP contribution in [0.1, 0.15) is 24.6 Å². The van der Waals surface area contributed by atoms with Crippen molar-refractivity contribution >= 4 is 33.0 Å². The zero-order valence-electron chi connectivity index (χ0n) is 11.2. The van der Waals surface area contributed by atoms with Crippen molar-refractivity contribution in [2.75, 3.05) is 13.2 Å². The van der Waals surface area contributed by atoms with Crippen molar-refractivity contribution in [1.29, 1.82) is 0 Å². The SMILES string of the molecule is CC(CO)CCCNCc1sc2ccccc2c1Cl. The Morgan fingerprint density at radius 2 is 2.16 bits per heavy atom. The largest absolute Gasteiger partial charge is 0.396 e. The van der Waals surface area contributed by atoms with Gasteiger partial charge in [0.05, 0.1) is 5.02 Å². The molecule has 1 unspecified atom stereocenters. The standard InChI is InChI=1S/C15H20ClNOS/c1-11(10-18)5-4-8-17-9-14-15(16)12-6-2-3-7-13(12)19-14/h2-3,6-7,11,17-18H,4-5,8-10H2,1H3. The molecule has 2 N–H and O–H groups in total. The van der Waals surface area contributed by atoms with E-state index in [9.17, 15) is 0 Å². The van der Waals surface area contributed by atoms with E-state index in [0.29, 0.717) is 5.92 Å². The molecule has 1 aromatic heterocycles. The lowest BCUT2D eigenvalue weighted by molar-refractivity contribution is 0.228. The van der Waals surface area contributed by atoms with Gasteiger partial charge in [-0.2, -0.15) is 0 Å². The Morgan fingerprint density at radius 3 is 2.89 bits per heavy atom. The molecule has 1 heterocycles. The minimum absolute atomic E-state index is 0.280. The van der Waals surface area contributed by atoms with Gasteiger partial charge in [0.15, 0.2) is 0 Å². The number of halogens is 1. The van der Waals surface area contributed by atoms with E-state index in [4.69, 9.17) is 16.7 Å². The molecule has 0 amide bonds. The number of hydrogen-bond donors (Lipinski definition) is 2. The lowest BCUT2D eigenvalue weighted by Crippen LogP contribution is -2.15. The molecule has 0 aliphatic carbocycles. The lowest BCUT2D eigenvalue weighted by Gasteiger charge is -2.07. The number of nitrogens with one attached hydrogen (secondary N) is 1. The average Bonchev–Trinajstić information content (AvgIpc) is 2.75. The van der Waals surface area contributed by atoms with Crippen LogP contribution in [-0.2, 0) is 6.54 Å². The predicted octanol–water partition coefficient (Wildman–Crippen LogP) is 4.05. The summed E-state index contributed by atoms with van der Waals surface area (Å²) in [6.45, 7) is 4.14. The van der Waals surface area contributed by atoms with E-state index in [2.05, 4.69) is 24.4 Å². The number of aliphatic hydroxyl groups excluding tert-OH is 1. The van der Waals surface area contributed by atoms with Gasteiger partial charge in [-0.3, -0.25) is 0 Å². The maximum Gasteiger partial charge on any atom is 0.0636 e. The third-order valence-electron chi connectivity index (χ3n) is 3.25. The Morgan fingerprint density at radius 1 is 1.37 bits per heavy atom. The molecule has 0 saturated heterocycles. The highest BCUT2D eigenvalue weighted by Gasteiger charge is 2.09. The van der Waals surface area contributed by atoms with E-state index >= 15 is 0 Å². The molecule has 0 bridgehead atoms. The average molecular weight is 298 g/mol. The zero-order valence-corrected chi connectivity index (χ0v) is 12.7. The number of fused-ring (bicyclic) bond motifs is 1. The van der Waals surface area contributed by atoms with Gasteiger partial charge in [-0.05, 0) is 31.4 Å². The third kappa shape index (κ3) is 3.93. The Labute approximate surface area is 123 Å². The Hall–Kier alpha value is -0.610. The molecule has 2 nitrogen and oxygen atoms in total. The van der Waals surface area contributed by atoms with Gasteiger partial charge >= 0.3 is 0 Å². The lowest BCUT2D eigenvalue weighted by atomic mass is 10.1. The molecule has 19 heavy (non-hydrogen) atoms. The fourth-order valence-electron chi connectivity index (χ4n) is 2.05. The topological polar surface area (TPSA) is 32.3 Å². The molecule has 0 aliphatic rings. The third-order valence-corrected chi connectivity index (χ3v) is 4.96. The number of rotatable bonds is 7. The molecule has 0 saturated carbocycles. The summed E-state index contributed by atoms with van der Waals surface area (Å²) in [5, 5.41) is 14.4. The number of benzene rings is 1. The van der Waals surface area contributed by atoms with Crippen molar-refractivity contribution in [1.82, 2.24) is 5.32 Å². The van der Waals surface area contributed by atoms with Crippen LogP contribution in [0.4, 0.5) is 0 Å². The summed E-state index contributed by atoms with van der Waals surface area (Å²) in [7, 11) is 0. The maximum atomic E-state index is 8.95. The van der Waals surface area contributed by atoms with Crippen molar-refractivity contribution in [2.45, 2.75) is 26.3 Å². The molecular formula is C15H20ClNOS. The molecule has 2 rings (SSSR count). The summed E-state index contributed by atoms with van der Waals surface area (Å²) in [5.41, 5.74) is 0. The van der Waals surface area contributed by atoms with Crippen molar-refractivity contribution in [3.8, 4) is 0 Å². The minimum Gasteiger partial charge on any atom is -0.396 e. The van der Waals surface area contributed by atoms with Crippen LogP contribution in [0.3, 0.4) is 0 Å². The summed E-state index contributed by atoms with van der Waals surface area (Å²) < 4.78 is 1.25. The molecule has 2 aromatic rings. The smallest absolute Gasteiger partial charge is 0.0636 e. The van der Waals surface area contributed by atoms with Crippen molar-refractivity contribution < 1.29 is 5.11 Å². The summed E-state index contributed by atoms with van der Waals surface area (Å²) >= 11 is 8.14. The van der Waals surface area contributed by atoms with Gasteiger partial charge in [0.25, 0.3) is 0 Å². The first-order chi connectivity index (χ1) is 9.22. The Bertz CT molecular complexity index is 526. The van der Waals surface area contributed by atoms with Crippen molar-refractivity contribution in [2.24, 2.45) is 5.92 Å². The second-order valence-electron chi connectivity index (χ2n) is 4.94. The molecule has 0 aliphatic heterocycles. The first kappa shape index (κ1) is 14.8. The first-order valence-electron chi connectivity index (χ1n) is 6.70. The Balaban J connectivity index is 1.83. The van der Waals surface area contributed by atoms with E-state index in [1.54, 1.807) is 11.3 Å². The van der Waals surface area contributed by atoms with Crippen LogP contribution in [0.5, 0.6) is 0 Å². The summed E-state index contributed by atoms with van der Waals surface area (Å²) in [6.07, 6.45) is 2.15.